The van der Waals surface area contributed by atoms with E-state index in [9.17, 15) is 4.79 Å². The summed E-state index contributed by atoms with van der Waals surface area (Å²) >= 11 is 23.7. The summed E-state index contributed by atoms with van der Waals surface area (Å²) in [6.07, 6.45) is 4.45. The predicted molar refractivity (Wildman–Crippen MR) is 150 cm³/mol. The number of rotatable bonds is 5. The minimum absolute atomic E-state index is 0.0571. The van der Waals surface area contributed by atoms with Crippen LogP contribution in [0.2, 0.25) is 15.1 Å². The van der Waals surface area contributed by atoms with E-state index in [0.717, 1.165) is 5.56 Å². The lowest BCUT2D eigenvalue weighted by Gasteiger charge is -2.10. The molecule has 0 atom stereocenters. The standard InChI is InChI=1S/C26H15Cl3N4O3S/c27-16-10-15(11-17(28)13-16)21-7-4-18(35-21)5-8-23(34)32-26(37)31-20-12-14(3-6-19(20)29)25-33-24-22(36-25)2-1-9-30-24/h1-13H,(H2,31,32,34,37)/b8-5+. The summed E-state index contributed by atoms with van der Waals surface area (Å²) in [4.78, 5) is 20.9. The zero-order valence-electron chi connectivity index (χ0n) is 18.7. The number of amides is 1. The van der Waals surface area contributed by atoms with Crippen LogP contribution in [0.1, 0.15) is 5.76 Å². The van der Waals surface area contributed by atoms with Gasteiger partial charge in [0.05, 0.1) is 10.7 Å². The highest BCUT2D eigenvalue weighted by Crippen LogP contribution is 2.31. The summed E-state index contributed by atoms with van der Waals surface area (Å²) in [7, 11) is 0. The summed E-state index contributed by atoms with van der Waals surface area (Å²) in [5, 5.41) is 6.93. The van der Waals surface area contributed by atoms with Crippen LogP contribution in [0.25, 0.3) is 40.1 Å². The van der Waals surface area contributed by atoms with Gasteiger partial charge >= 0.3 is 0 Å². The first-order valence-corrected chi connectivity index (χ1v) is 12.3. The number of pyridine rings is 1. The maximum Gasteiger partial charge on any atom is 0.250 e. The van der Waals surface area contributed by atoms with E-state index < -0.39 is 5.91 Å². The second-order valence-electron chi connectivity index (χ2n) is 7.68. The summed E-state index contributed by atoms with van der Waals surface area (Å²) in [6, 6.07) is 17.3. The number of furan rings is 1. The van der Waals surface area contributed by atoms with Gasteiger partial charge in [0, 0.05) is 33.4 Å². The fourth-order valence-corrected chi connectivity index (χ4v) is 4.31. The third-order valence-corrected chi connectivity index (χ3v) is 6.01. The van der Waals surface area contributed by atoms with E-state index in [1.54, 1.807) is 66.9 Å². The molecule has 3 heterocycles. The summed E-state index contributed by atoms with van der Waals surface area (Å²) in [6.45, 7) is 0. The normalized spacial score (nSPS) is 11.2. The van der Waals surface area contributed by atoms with Gasteiger partial charge in [-0.05, 0) is 79.0 Å². The van der Waals surface area contributed by atoms with E-state index in [-0.39, 0.29) is 5.11 Å². The molecule has 0 unspecified atom stereocenters. The fraction of sp³-hybridized carbons (Fsp3) is 0. The first-order chi connectivity index (χ1) is 17.8. The average Bonchev–Trinajstić information content (AvgIpc) is 3.51. The monoisotopic (exact) mass is 568 g/mol. The first-order valence-electron chi connectivity index (χ1n) is 10.7. The molecule has 7 nitrogen and oxygen atoms in total. The van der Waals surface area contributed by atoms with Crippen molar-refractivity contribution in [3.63, 3.8) is 0 Å². The number of oxazole rings is 1. The Kier molecular flexibility index (Phi) is 7.25. The summed E-state index contributed by atoms with van der Waals surface area (Å²) < 4.78 is 11.5. The molecule has 0 radical (unpaired) electrons. The topological polar surface area (TPSA) is 93.2 Å². The van der Waals surface area contributed by atoms with Crippen molar-refractivity contribution in [3.05, 3.63) is 93.8 Å². The van der Waals surface area contributed by atoms with Crippen LogP contribution in [0.3, 0.4) is 0 Å². The van der Waals surface area contributed by atoms with Crippen molar-refractivity contribution in [2.24, 2.45) is 0 Å². The molecule has 5 rings (SSSR count). The fourth-order valence-electron chi connectivity index (χ4n) is 3.41. The minimum atomic E-state index is -0.460. The quantitative estimate of drug-likeness (QED) is 0.166. The lowest BCUT2D eigenvalue weighted by Crippen LogP contribution is -2.32. The molecule has 0 bridgehead atoms. The van der Waals surface area contributed by atoms with Gasteiger partial charge in [-0.1, -0.05) is 34.8 Å². The van der Waals surface area contributed by atoms with Gasteiger partial charge in [-0.15, -0.1) is 0 Å². The largest absolute Gasteiger partial charge is 0.457 e. The van der Waals surface area contributed by atoms with Gasteiger partial charge in [0.15, 0.2) is 16.3 Å². The number of hydrogen-bond acceptors (Lipinski definition) is 6. The number of carbonyl (C=O) groups excluding carboxylic acids is 1. The molecule has 184 valence electrons. The molecule has 0 aliphatic heterocycles. The Morgan fingerprint density at radius 2 is 1.76 bits per heavy atom. The number of nitrogens with zero attached hydrogens (tertiary/aromatic N) is 2. The van der Waals surface area contributed by atoms with E-state index in [1.807, 2.05) is 0 Å². The Morgan fingerprint density at radius 3 is 2.54 bits per heavy atom. The van der Waals surface area contributed by atoms with Crippen LogP contribution in [0.15, 0.2) is 81.8 Å². The molecule has 0 fully saturated rings. The van der Waals surface area contributed by atoms with E-state index in [4.69, 9.17) is 55.9 Å². The van der Waals surface area contributed by atoms with Crippen LogP contribution in [-0.2, 0) is 4.79 Å². The molecule has 3 aromatic heterocycles. The molecule has 0 saturated carbocycles. The SMILES string of the molecule is O=C(/C=C/c1ccc(-c2cc(Cl)cc(Cl)c2)o1)NC(=S)Nc1cc(-c2nc3ncccc3o2)ccc1Cl. The third kappa shape index (κ3) is 6.00. The van der Waals surface area contributed by atoms with E-state index in [0.29, 0.717) is 55.0 Å². The lowest BCUT2D eigenvalue weighted by atomic mass is 10.2. The second kappa shape index (κ2) is 10.7. The summed E-state index contributed by atoms with van der Waals surface area (Å²) in [5.41, 5.74) is 2.92. The van der Waals surface area contributed by atoms with Crippen LogP contribution in [-0.4, -0.2) is 21.0 Å². The number of carbonyl (C=O) groups is 1. The number of nitrogens with one attached hydrogen (secondary N) is 2. The van der Waals surface area contributed by atoms with E-state index in [1.165, 1.54) is 12.2 Å². The molecule has 2 N–H and O–H groups in total. The Bertz CT molecular complexity index is 1630. The zero-order valence-corrected chi connectivity index (χ0v) is 21.8. The maximum absolute atomic E-state index is 12.4. The Labute approximate surface area is 231 Å². The highest BCUT2D eigenvalue weighted by Gasteiger charge is 2.13. The van der Waals surface area contributed by atoms with Gasteiger partial charge in [0.25, 0.3) is 0 Å². The molecule has 0 spiro atoms. The molecule has 37 heavy (non-hydrogen) atoms. The van der Waals surface area contributed by atoms with Gasteiger partial charge in [-0.25, -0.2) is 4.98 Å². The van der Waals surface area contributed by atoms with Crippen molar-refractivity contribution in [3.8, 4) is 22.8 Å². The highest BCUT2D eigenvalue weighted by molar-refractivity contribution is 7.80. The number of thiocarbonyl (C=S) groups is 1. The van der Waals surface area contributed by atoms with E-state index in [2.05, 4.69) is 20.6 Å². The number of hydrogen-bond donors (Lipinski definition) is 2. The Hall–Kier alpha value is -3.69. The number of anilines is 1. The van der Waals surface area contributed by atoms with Crippen molar-refractivity contribution in [2.75, 3.05) is 5.32 Å². The van der Waals surface area contributed by atoms with Crippen LogP contribution < -0.4 is 10.6 Å². The minimum Gasteiger partial charge on any atom is -0.457 e. The van der Waals surface area contributed by atoms with Crippen molar-refractivity contribution in [1.29, 1.82) is 0 Å². The maximum atomic E-state index is 12.4. The average molecular weight is 570 g/mol. The third-order valence-electron chi connectivity index (χ3n) is 5.04. The number of benzene rings is 2. The van der Waals surface area contributed by atoms with Crippen LogP contribution in [0.5, 0.6) is 0 Å². The van der Waals surface area contributed by atoms with Gasteiger partial charge in [-0.2, -0.15) is 4.98 Å². The second-order valence-corrected chi connectivity index (χ2v) is 9.36. The molecule has 0 aliphatic carbocycles. The molecular formula is C26H15Cl3N4O3S. The zero-order chi connectivity index (χ0) is 25.9. The van der Waals surface area contributed by atoms with Gasteiger partial charge in [0.1, 0.15) is 11.5 Å². The number of aromatic nitrogens is 2. The smallest absolute Gasteiger partial charge is 0.250 e. The molecule has 0 aliphatic rings. The van der Waals surface area contributed by atoms with Crippen molar-refractivity contribution in [1.82, 2.24) is 15.3 Å². The van der Waals surface area contributed by atoms with Crippen LogP contribution >= 0.6 is 47.0 Å². The van der Waals surface area contributed by atoms with Crippen molar-refractivity contribution < 1.29 is 13.6 Å². The predicted octanol–water partition coefficient (Wildman–Crippen LogP) is 7.64. The van der Waals surface area contributed by atoms with Crippen LogP contribution in [0, 0.1) is 0 Å². The molecule has 0 saturated heterocycles. The van der Waals surface area contributed by atoms with Crippen LogP contribution in [0.4, 0.5) is 5.69 Å². The molecule has 2 aromatic carbocycles. The summed E-state index contributed by atoms with van der Waals surface area (Å²) in [5.74, 6) is 0.942. The van der Waals surface area contributed by atoms with Crippen molar-refractivity contribution >= 4 is 81.0 Å². The van der Waals surface area contributed by atoms with Gasteiger partial charge in [0.2, 0.25) is 11.8 Å². The van der Waals surface area contributed by atoms with E-state index >= 15 is 0 Å². The molecule has 11 heteroatoms. The molecular weight excluding hydrogens is 555 g/mol. The molecule has 1 amide bonds. The number of halogens is 3. The molecule has 5 aromatic rings. The first kappa shape index (κ1) is 25.0. The van der Waals surface area contributed by atoms with Crippen molar-refractivity contribution in [2.45, 2.75) is 0 Å². The lowest BCUT2D eigenvalue weighted by molar-refractivity contribution is -0.115. The Morgan fingerprint density at radius 1 is 0.946 bits per heavy atom. The number of fused-ring (bicyclic) bond motifs is 1. The highest BCUT2D eigenvalue weighted by atomic mass is 35.5. The van der Waals surface area contributed by atoms with Gasteiger partial charge < -0.3 is 14.2 Å². The Balaban J connectivity index is 1.23. The van der Waals surface area contributed by atoms with Gasteiger partial charge in [-0.3, -0.25) is 10.1 Å².